The molecule has 2 aromatic rings. The first-order chi connectivity index (χ1) is 10.9. The molecule has 2 aromatic heterocycles. The molecule has 6 heteroatoms. The van der Waals surface area contributed by atoms with E-state index < -0.39 is 0 Å². The van der Waals surface area contributed by atoms with Crippen molar-refractivity contribution in [2.75, 3.05) is 5.73 Å². The lowest BCUT2D eigenvalue weighted by Gasteiger charge is -2.21. The zero-order valence-corrected chi connectivity index (χ0v) is 16.1. The maximum Gasteiger partial charge on any atom is 0.197 e. The van der Waals surface area contributed by atoms with Crippen LogP contribution in [0.2, 0.25) is 0 Å². The van der Waals surface area contributed by atoms with Gasteiger partial charge in [0.05, 0.1) is 11.2 Å². The molecule has 1 fully saturated rings. The molecule has 0 aliphatic heterocycles. The average Bonchev–Trinajstić information content (AvgIpc) is 2.79. The number of rotatable bonds is 3. The molecule has 1 aliphatic carbocycles. The van der Waals surface area contributed by atoms with Crippen molar-refractivity contribution in [3.05, 3.63) is 23.0 Å². The summed E-state index contributed by atoms with van der Waals surface area (Å²) in [6, 6.07) is 0. The van der Waals surface area contributed by atoms with E-state index in [2.05, 4.69) is 63.1 Å². The van der Waals surface area contributed by atoms with E-state index in [0.717, 1.165) is 23.0 Å². The van der Waals surface area contributed by atoms with Crippen LogP contribution in [0.1, 0.15) is 89.3 Å². The van der Waals surface area contributed by atoms with Crippen molar-refractivity contribution in [3.63, 3.8) is 0 Å². The highest BCUT2D eigenvalue weighted by Gasteiger charge is 2.63. The van der Waals surface area contributed by atoms with Gasteiger partial charge in [-0.25, -0.2) is 14.6 Å². The molecule has 2 heterocycles. The van der Waals surface area contributed by atoms with Gasteiger partial charge >= 0.3 is 0 Å². The number of imidazole rings is 1. The molecule has 0 spiro atoms. The van der Waals surface area contributed by atoms with Gasteiger partial charge in [0.2, 0.25) is 0 Å². The number of aryl methyl sites for hydroxylation is 1. The lowest BCUT2D eigenvalue weighted by atomic mass is 10.1. The van der Waals surface area contributed by atoms with Crippen molar-refractivity contribution in [1.29, 1.82) is 0 Å². The number of anilines is 1. The molecule has 0 unspecified atom stereocenters. The van der Waals surface area contributed by atoms with Crippen molar-refractivity contribution >= 4 is 5.95 Å². The first-order valence-corrected chi connectivity index (χ1v) is 8.74. The summed E-state index contributed by atoms with van der Waals surface area (Å²) in [6.07, 6.45) is 0. The van der Waals surface area contributed by atoms with Crippen LogP contribution in [0.4, 0.5) is 5.95 Å². The maximum atomic E-state index is 5.86. The van der Waals surface area contributed by atoms with E-state index in [1.807, 2.05) is 6.92 Å². The number of aromatic amines is 1. The Morgan fingerprint density at radius 3 is 2.25 bits per heavy atom. The summed E-state index contributed by atoms with van der Waals surface area (Å²) in [5.74, 6) is 3.41. The number of nitrogens with two attached hydrogens (primary N) is 1. The fourth-order valence-electron chi connectivity index (χ4n) is 3.71. The Bertz CT molecular complexity index is 759. The van der Waals surface area contributed by atoms with Gasteiger partial charge in [0, 0.05) is 23.4 Å². The second-order valence-electron chi connectivity index (χ2n) is 8.97. The topological polar surface area (TPSA) is 85.4 Å². The molecule has 6 nitrogen and oxygen atoms in total. The zero-order chi connectivity index (χ0) is 18.0. The lowest BCUT2D eigenvalue weighted by Crippen LogP contribution is -2.26. The van der Waals surface area contributed by atoms with Gasteiger partial charge in [-0.05, 0) is 33.1 Å². The van der Waals surface area contributed by atoms with E-state index in [9.17, 15) is 0 Å². The van der Waals surface area contributed by atoms with E-state index >= 15 is 0 Å². The summed E-state index contributed by atoms with van der Waals surface area (Å²) in [5, 5.41) is 4.82. The minimum Gasteiger partial charge on any atom is -0.369 e. The van der Waals surface area contributed by atoms with Crippen molar-refractivity contribution < 1.29 is 0 Å². The van der Waals surface area contributed by atoms with Crippen LogP contribution < -0.4 is 5.73 Å². The highest BCUT2D eigenvalue weighted by atomic mass is 15.4. The fourth-order valence-corrected chi connectivity index (χ4v) is 3.71. The first-order valence-electron chi connectivity index (χ1n) is 8.74. The number of H-pyrrole nitrogens is 1. The van der Waals surface area contributed by atoms with Crippen molar-refractivity contribution in [1.82, 2.24) is 24.7 Å². The predicted octanol–water partition coefficient (Wildman–Crippen LogP) is 3.68. The van der Waals surface area contributed by atoms with Crippen molar-refractivity contribution in [3.8, 4) is 0 Å². The molecule has 0 amide bonds. The Kier molecular flexibility index (Phi) is 3.59. The Morgan fingerprint density at radius 2 is 1.79 bits per heavy atom. The number of nitrogen functional groups attached to an aromatic ring is 1. The Morgan fingerprint density at radius 1 is 1.17 bits per heavy atom. The molecular weight excluding hydrogens is 300 g/mol. The summed E-state index contributed by atoms with van der Waals surface area (Å²) >= 11 is 0. The van der Waals surface area contributed by atoms with Gasteiger partial charge in [0.1, 0.15) is 5.82 Å². The van der Waals surface area contributed by atoms with Crippen molar-refractivity contribution in [2.24, 2.45) is 5.41 Å². The standard InChI is InChI=1S/C18H30N6/c1-9(2)14-22-15(24(23-14)17(4,5)6)12-11(18(12,7)8)13-10(3)20-16(19)21-13/h9,11-12H,1-8H3,(H3,19,20,21)/t11-,12-/m0/s1. The number of hydrogen-bond acceptors (Lipinski definition) is 4. The molecule has 0 bridgehead atoms. The molecule has 3 N–H and O–H groups in total. The zero-order valence-electron chi connectivity index (χ0n) is 16.1. The second kappa shape index (κ2) is 5.07. The number of nitrogens with zero attached hydrogens (tertiary/aromatic N) is 4. The number of nitrogens with one attached hydrogen (secondary N) is 1. The van der Waals surface area contributed by atoms with Crippen LogP contribution in [0.5, 0.6) is 0 Å². The molecule has 1 saturated carbocycles. The van der Waals surface area contributed by atoms with Crippen LogP contribution in [-0.4, -0.2) is 24.7 Å². The van der Waals surface area contributed by atoms with Gasteiger partial charge < -0.3 is 10.7 Å². The molecule has 3 rings (SSSR count). The van der Waals surface area contributed by atoms with E-state index in [1.165, 1.54) is 0 Å². The Hall–Kier alpha value is -1.85. The minimum atomic E-state index is -0.0989. The SMILES string of the molecule is Cc1[nH]c(N)nc1[C@@H]1[C@@H](c2nc(C(C)C)nn2C(C)(C)C)C1(C)C. The highest BCUT2D eigenvalue weighted by Crippen LogP contribution is 2.69. The van der Waals surface area contributed by atoms with Crippen LogP contribution in [0.25, 0.3) is 0 Å². The minimum absolute atomic E-state index is 0.0939. The van der Waals surface area contributed by atoms with Crippen LogP contribution in [0.15, 0.2) is 0 Å². The largest absolute Gasteiger partial charge is 0.369 e. The first kappa shape index (κ1) is 17.0. The quantitative estimate of drug-likeness (QED) is 0.899. The van der Waals surface area contributed by atoms with E-state index in [-0.39, 0.29) is 11.0 Å². The Balaban J connectivity index is 2.07. The van der Waals surface area contributed by atoms with Crippen molar-refractivity contribution in [2.45, 2.75) is 78.7 Å². The third-order valence-electron chi connectivity index (χ3n) is 5.14. The monoisotopic (exact) mass is 330 g/mol. The average molecular weight is 330 g/mol. The lowest BCUT2D eigenvalue weighted by molar-refractivity contribution is 0.335. The summed E-state index contributed by atoms with van der Waals surface area (Å²) < 4.78 is 2.11. The molecule has 2 atom stereocenters. The molecule has 0 saturated heterocycles. The maximum absolute atomic E-state index is 5.86. The third-order valence-corrected chi connectivity index (χ3v) is 5.14. The van der Waals surface area contributed by atoms with Crippen LogP contribution in [0, 0.1) is 12.3 Å². The molecular formula is C18H30N6. The summed E-state index contributed by atoms with van der Waals surface area (Å²) in [7, 11) is 0. The van der Waals surface area contributed by atoms with Gasteiger partial charge in [-0.1, -0.05) is 27.7 Å². The smallest absolute Gasteiger partial charge is 0.197 e. The predicted molar refractivity (Wildman–Crippen MR) is 96.1 cm³/mol. The van der Waals surface area contributed by atoms with Crippen LogP contribution in [-0.2, 0) is 5.54 Å². The van der Waals surface area contributed by atoms with E-state index in [4.69, 9.17) is 15.8 Å². The molecule has 24 heavy (non-hydrogen) atoms. The van der Waals surface area contributed by atoms with E-state index in [1.54, 1.807) is 0 Å². The summed E-state index contributed by atoms with van der Waals surface area (Å²) in [4.78, 5) is 12.6. The highest BCUT2D eigenvalue weighted by molar-refractivity contribution is 5.40. The Labute approximate surface area is 144 Å². The van der Waals surface area contributed by atoms with E-state index in [0.29, 0.717) is 23.7 Å². The third kappa shape index (κ3) is 2.52. The number of aromatic nitrogens is 5. The van der Waals surface area contributed by atoms with Gasteiger partial charge in [0.25, 0.3) is 0 Å². The number of hydrogen-bond donors (Lipinski definition) is 2. The van der Waals surface area contributed by atoms with Crippen LogP contribution in [0.3, 0.4) is 0 Å². The van der Waals surface area contributed by atoms with Crippen LogP contribution >= 0.6 is 0 Å². The molecule has 0 radical (unpaired) electrons. The van der Waals surface area contributed by atoms with Gasteiger partial charge in [-0.2, -0.15) is 5.10 Å². The van der Waals surface area contributed by atoms with Gasteiger partial charge in [-0.15, -0.1) is 0 Å². The molecule has 132 valence electrons. The summed E-state index contributed by atoms with van der Waals surface area (Å²) in [5.41, 5.74) is 7.98. The van der Waals surface area contributed by atoms with Gasteiger partial charge in [-0.3, -0.25) is 0 Å². The second-order valence-corrected chi connectivity index (χ2v) is 8.97. The normalized spacial score (nSPS) is 23.0. The molecule has 1 aliphatic rings. The van der Waals surface area contributed by atoms with Gasteiger partial charge in [0.15, 0.2) is 11.8 Å². The molecule has 0 aromatic carbocycles. The fraction of sp³-hybridized carbons (Fsp3) is 0.722. The summed E-state index contributed by atoms with van der Waals surface area (Å²) in [6.45, 7) is 17.4.